The van der Waals surface area contributed by atoms with Crippen molar-refractivity contribution in [2.24, 2.45) is 22.0 Å². The van der Waals surface area contributed by atoms with Crippen LogP contribution in [0.5, 0.6) is 0 Å². The van der Waals surface area contributed by atoms with Gasteiger partial charge >= 0.3 is 5.69 Å². The Bertz CT molecular complexity index is 749. The number of aromatic amines is 1. The summed E-state index contributed by atoms with van der Waals surface area (Å²) in [5, 5.41) is 10.5. The van der Waals surface area contributed by atoms with Gasteiger partial charge in [-0.1, -0.05) is 0 Å². The Morgan fingerprint density at radius 2 is 2.19 bits per heavy atom. The van der Waals surface area contributed by atoms with Gasteiger partial charge in [-0.3, -0.25) is 24.8 Å². The molecule has 27 heavy (non-hydrogen) atoms. The highest BCUT2D eigenvalue weighted by Gasteiger charge is 2.46. The van der Waals surface area contributed by atoms with Crippen LogP contribution in [0.3, 0.4) is 0 Å². The summed E-state index contributed by atoms with van der Waals surface area (Å²) in [5.74, 6) is -0.0450. The van der Waals surface area contributed by atoms with Crippen LogP contribution < -0.4 is 28.2 Å². The molecule has 1 fully saturated rings. The summed E-state index contributed by atoms with van der Waals surface area (Å²) in [6, 6.07) is 1.14. The van der Waals surface area contributed by atoms with E-state index in [1.54, 1.807) is 0 Å². The second kappa shape index (κ2) is 9.90. The molecule has 0 amide bonds. The van der Waals surface area contributed by atoms with Gasteiger partial charge in [0.15, 0.2) is 12.2 Å². The minimum absolute atomic E-state index is 0.0450. The van der Waals surface area contributed by atoms with E-state index in [0.29, 0.717) is 13.0 Å². The first-order chi connectivity index (χ1) is 12.8. The van der Waals surface area contributed by atoms with Gasteiger partial charge in [0.1, 0.15) is 18.3 Å². The van der Waals surface area contributed by atoms with Gasteiger partial charge in [0.05, 0.1) is 6.61 Å². The maximum atomic E-state index is 12.1. The zero-order chi connectivity index (χ0) is 20.0. The van der Waals surface area contributed by atoms with Crippen LogP contribution in [0, 0.1) is 0 Å². The Hall–Kier alpha value is -1.86. The third kappa shape index (κ3) is 6.07. The molecule has 1 unspecified atom stereocenters. The summed E-state index contributed by atoms with van der Waals surface area (Å²) in [6.07, 6.45) is -2.35. The molecule has 1 aromatic rings. The van der Waals surface area contributed by atoms with Crippen LogP contribution >= 0.6 is 8.53 Å². The van der Waals surface area contributed by atoms with Gasteiger partial charge in [-0.15, -0.1) is 0 Å². The molecule has 0 bridgehead atoms. The monoisotopic (exact) mass is 406 g/mol. The van der Waals surface area contributed by atoms with Gasteiger partial charge in [-0.2, -0.15) is 0 Å². The van der Waals surface area contributed by atoms with Gasteiger partial charge in [-0.25, -0.2) is 4.79 Å². The van der Waals surface area contributed by atoms with Crippen LogP contribution in [-0.2, 0) is 14.0 Å². The van der Waals surface area contributed by atoms with E-state index in [2.05, 4.69) is 9.98 Å². The van der Waals surface area contributed by atoms with E-state index in [-0.39, 0.29) is 19.2 Å². The molecule has 9 N–H and O–H groups in total. The van der Waals surface area contributed by atoms with Gasteiger partial charge in [-0.05, 0) is 6.42 Å². The summed E-state index contributed by atoms with van der Waals surface area (Å²) in [4.78, 5) is 38.3. The quantitative estimate of drug-likeness (QED) is 0.106. The number of rotatable bonds is 9. The summed E-state index contributed by atoms with van der Waals surface area (Å²) in [7, 11) is -2.14. The van der Waals surface area contributed by atoms with Crippen LogP contribution in [0.15, 0.2) is 26.8 Å². The third-order valence-corrected chi connectivity index (χ3v) is 4.13. The second-order valence-electron chi connectivity index (χ2n) is 5.67. The van der Waals surface area contributed by atoms with E-state index >= 15 is 0 Å². The lowest BCUT2D eigenvalue weighted by Crippen LogP contribution is -2.39. The topological polar surface area (TPSA) is 213 Å². The van der Waals surface area contributed by atoms with E-state index in [1.807, 2.05) is 0 Å². The molecule has 5 atom stereocenters. The molecule has 1 saturated heterocycles. The first-order valence-corrected chi connectivity index (χ1v) is 9.26. The summed E-state index contributed by atoms with van der Waals surface area (Å²) >= 11 is 0. The summed E-state index contributed by atoms with van der Waals surface area (Å²) < 4.78 is 17.3. The molecule has 0 aromatic carbocycles. The fraction of sp³-hybridized carbons (Fsp3) is 0.615. The maximum Gasteiger partial charge on any atom is 0.330 e. The fourth-order valence-electron chi connectivity index (χ4n) is 2.53. The van der Waals surface area contributed by atoms with Crippen molar-refractivity contribution in [1.29, 1.82) is 0 Å². The molecule has 1 aromatic heterocycles. The third-order valence-electron chi connectivity index (χ3n) is 3.72. The Morgan fingerprint density at radius 3 is 2.81 bits per heavy atom. The Kier molecular flexibility index (Phi) is 7.86. The predicted molar refractivity (Wildman–Crippen MR) is 95.6 cm³/mol. The number of hydrogen-bond donors (Lipinski definition) is 6. The molecule has 2 rings (SSSR count). The minimum atomic E-state index is -2.14. The van der Waals surface area contributed by atoms with Crippen LogP contribution in [-0.4, -0.2) is 63.6 Å². The first-order valence-electron chi connectivity index (χ1n) is 7.98. The van der Waals surface area contributed by atoms with Crippen LogP contribution in [0.4, 0.5) is 0 Å². The van der Waals surface area contributed by atoms with E-state index < -0.39 is 44.3 Å². The highest BCUT2D eigenvalue weighted by Crippen LogP contribution is 2.33. The van der Waals surface area contributed by atoms with Crippen molar-refractivity contribution < 1.29 is 24.0 Å². The molecule has 1 aliphatic heterocycles. The number of H-pyrrole nitrogens is 1. The van der Waals surface area contributed by atoms with Crippen molar-refractivity contribution in [3.63, 3.8) is 0 Å². The lowest BCUT2D eigenvalue weighted by atomic mass is 10.1. The molecule has 0 spiro atoms. The number of nitrogens with two attached hydrogens (primary N) is 3. The number of nitrogens with one attached hydrogen (secondary N) is 1. The summed E-state index contributed by atoms with van der Waals surface area (Å²) in [6.45, 7) is 0.291. The number of guanidine groups is 1. The first kappa shape index (κ1) is 21.4. The molecular weight excluding hydrogens is 383 g/mol. The average Bonchev–Trinajstić information content (AvgIpc) is 2.88. The van der Waals surface area contributed by atoms with E-state index in [1.165, 1.54) is 6.20 Å². The highest BCUT2D eigenvalue weighted by atomic mass is 31.2. The largest absolute Gasteiger partial charge is 0.387 e. The number of aliphatic imine (C=N–C) groups is 1. The molecule has 0 saturated carbocycles. The second-order valence-corrected chi connectivity index (χ2v) is 6.53. The molecule has 0 radical (unpaired) electrons. The van der Waals surface area contributed by atoms with Gasteiger partial charge in [0, 0.05) is 25.4 Å². The molecule has 13 nitrogen and oxygen atoms in total. The highest BCUT2D eigenvalue weighted by molar-refractivity contribution is 7.43. The normalized spacial score (nSPS) is 26.0. The average molecular weight is 406 g/mol. The molecule has 2 heterocycles. The van der Waals surface area contributed by atoms with Crippen LogP contribution in [0.2, 0.25) is 0 Å². The van der Waals surface area contributed by atoms with Gasteiger partial charge in [0.25, 0.3) is 5.56 Å². The Morgan fingerprint density at radius 1 is 1.44 bits per heavy atom. The van der Waals surface area contributed by atoms with Crippen molar-refractivity contribution >= 4 is 14.5 Å². The fourth-order valence-corrected chi connectivity index (χ4v) is 2.83. The lowest BCUT2D eigenvalue weighted by Gasteiger charge is -2.22. The number of aromatic nitrogens is 2. The zero-order valence-electron chi connectivity index (χ0n) is 14.3. The minimum Gasteiger partial charge on any atom is -0.387 e. The van der Waals surface area contributed by atoms with Crippen molar-refractivity contribution in [2.45, 2.75) is 31.0 Å². The van der Waals surface area contributed by atoms with Gasteiger partial charge in [0.2, 0.25) is 8.53 Å². The number of aliphatic hydroxyl groups is 1. The van der Waals surface area contributed by atoms with Crippen molar-refractivity contribution in [3.8, 4) is 0 Å². The van der Waals surface area contributed by atoms with Crippen molar-refractivity contribution in [1.82, 2.24) is 9.55 Å². The lowest BCUT2D eigenvalue weighted by molar-refractivity contribution is -0.0733. The zero-order valence-corrected chi connectivity index (χ0v) is 15.2. The van der Waals surface area contributed by atoms with E-state index in [9.17, 15) is 14.7 Å². The summed E-state index contributed by atoms with van der Waals surface area (Å²) in [5.41, 5.74) is 14.4. The molecule has 152 valence electrons. The standard InChI is InChI=1S/C13H23N6O7P/c14-12(15)17-3-1-5-24-10-9(21)7(6-25-27(16)23)26-11(10)19-4-2-8(20)18-13(19)22/h2,4,7,9-11,21,23H,1,3,5-6,16H2,(H4,14,15,17)(H,18,20,22)/t7-,9-,10-,11-,27?/m1/s1. The predicted octanol–water partition coefficient (Wildman–Crippen LogP) is -2.96. The number of nitrogens with zero attached hydrogens (tertiary/aromatic N) is 2. The van der Waals surface area contributed by atoms with E-state index in [4.69, 9.17) is 35.9 Å². The smallest absolute Gasteiger partial charge is 0.330 e. The van der Waals surface area contributed by atoms with Gasteiger partial charge < -0.3 is 35.5 Å². The molecular formula is C13H23N6O7P. The number of aliphatic hydroxyl groups excluding tert-OH is 1. The SMILES string of the molecule is NC(N)=NCCCO[C@@H]1[C@H](O)[C@@H](COP(N)O)O[C@H]1n1ccc(=O)[nH]c1=O. The number of hydrogen-bond acceptors (Lipinski definition) is 9. The Labute approximate surface area is 154 Å². The maximum absolute atomic E-state index is 12.1. The number of ether oxygens (including phenoxy) is 2. The Balaban J connectivity index is 2.12. The van der Waals surface area contributed by atoms with Crippen LogP contribution in [0.25, 0.3) is 0 Å². The molecule has 1 aliphatic rings. The van der Waals surface area contributed by atoms with Crippen LogP contribution in [0.1, 0.15) is 12.6 Å². The van der Waals surface area contributed by atoms with Crippen molar-refractivity contribution in [2.75, 3.05) is 19.8 Å². The molecule has 14 heteroatoms. The van der Waals surface area contributed by atoms with Crippen molar-refractivity contribution in [3.05, 3.63) is 33.1 Å². The van der Waals surface area contributed by atoms with E-state index in [0.717, 1.165) is 10.6 Å². The molecule has 0 aliphatic carbocycles.